The van der Waals surface area contributed by atoms with Gasteiger partial charge < -0.3 is 0 Å². The molecule has 0 saturated carbocycles. The first kappa shape index (κ1) is 8.76. The van der Waals surface area contributed by atoms with E-state index in [4.69, 9.17) is 0 Å². The van der Waals surface area contributed by atoms with E-state index in [2.05, 4.69) is 53.2 Å². The molecular weight excluding hydrogens is 224 g/mol. The third-order valence-corrected chi connectivity index (χ3v) is 3.30. The van der Waals surface area contributed by atoms with Gasteiger partial charge in [0.15, 0.2) is 0 Å². The Kier molecular flexibility index (Phi) is 2.36. The molecule has 1 aromatic rings. The topological polar surface area (TPSA) is 0 Å². The smallest absolute Gasteiger partial charge is 0.00239 e. The van der Waals surface area contributed by atoms with Gasteiger partial charge in [0.1, 0.15) is 0 Å². The average Bonchev–Trinajstić information content (AvgIpc) is 2.49. The molecule has 1 heteroatoms. The van der Waals surface area contributed by atoms with Crippen molar-refractivity contribution in [3.8, 4) is 0 Å². The summed E-state index contributed by atoms with van der Waals surface area (Å²) in [5, 5.41) is 0. The monoisotopic (exact) mass is 234 g/mol. The molecule has 0 amide bonds. The van der Waals surface area contributed by atoms with Crippen molar-refractivity contribution in [1.29, 1.82) is 0 Å². The maximum Gasteiger partial charge on any atom is 0.00239 e. The summed E-state index contributed by atoms with van der Waals surface area (Å²) in [6.07, 6.45) is 3.31. The average molecular weight is 235 g/mol. The molecule has 0 atom stereocenters. The minimum atomic E-state index is 1.04. The van der Waals surface area contributed by atoms with Gasteiger partial charge in [-0.25, -0.2) is 0 Å². The third-order valence-electron chi connectivity index (χ3n) is 2.38. The maximum atomic E-state index is 3.57. The molecule has 0 spiro atoms. The van der Waals surface area contributed by atoms with Gasteiger partial charge in [-0.3, -0.25) is 0 Å². The van der Waals surface area contributed by atoms with E-state index >= 15 is 0 Å². The fourth-order valence-electron chi connectivity index (χ4n) is 1.60. The van der Waals surface area contributed by atoms with Crippen LogP contribution in [0.4, 0.5) is 0 Å². The van der Waals surface area contributed by atoms with Crippen LogP contribution >= 0.6 is 15.9 Å². The lowest BCUT2D eigenvalue weighted by Crippen LogP contribution is -1.82. The molecule has 0 unspecified atom stereocenters. The number of benzene rings is 1. The second-order valence-electron chi connectivity index (χ2n) is 3.22. The van der Waals surface area contributed by atoms with Crippen molar-refractivity contribution in [3.05, 3.63) is 52.0 Å². The van der Waals surface area contributed by atoms with Gasteiger partial charge in [0, 0.05) is 4.48 Å². The van der Waals surface area contributed by atoms with E-state index in [1.165, 1.54) is 21.2 Å². The van der Waals surface area contributed by atoms with Crippen LogP contribution in [0.3, 0.4) is 0 Å². The summed E-state index contributed by atoms with van der Waals surface area (Å²) in [4.78, 5) is 0. The highest BCUT2D eigenvalue weighted by Gasteiger charge is 2.12. The van der Waals surface area contributed by atoms with Crippen LogP contribution in [0.1, 0.15) is 18.9 Å². The molecule has 0 heterocycles. The van der Waals surface area contributed by atoms with Crippen LogP contribution in [0.5, 0.6) is 0 Å². The predicted octanol–water partition coefficient (Wildman–Crippen LogP) is 4.14. The normalized spacial score (nSPS) is 16.3. The summed E-state index contributed by atoms with van der Waals surface area (Å²) < 4.78 is 1.31. The van der Waals surface area contributed by atoms with Crippen molar-refractivity contribution in [2.75, 3.05) is 0 Å². The fourth-order valence-corrected chi connectivity index (χ4v) is 1.97. The summed E-state index contributed by atoms with van der Waals surface area (Å²) in [5.41, 5.74) is 4.05. The van der Waals surface area contributed by atoms with E-state index in [0.29, 0.717) is 0 Å². The first-order valence-electron chi connectivity index (χ1n) is 4.40. The molecule has 0 aliphatic heterocycles. The Labute approximate surface area is 87.1 Å². The lowest BCUT2D eigenvalue weighted by atomic mass is 10.0. The molecule has 1 aliphatic rings. The summed E-state index contributed by atoms with van der Waals surface area (Å²) in [6, 6.07) is 10.5. The highest BCUT2D eigenvalue weighted by molar-refractivity contribution is 9.11. The Morgan fingerprint density at radius 1 is 1.15 bits per heavy atom. The molecule has 0 bridgehead atoms. The largest absolute Gasteiger partial charge is 0.0714 e. The van der Waals surface area contributed by atoms with Crippen LogP contribution in [0.25, 0.3) is 5.57 Å². The zero-order chi connectivity index (χ0) is 9.26. The number of hydrogen-bond acceptors (Lipinski definition) is 0. The molecule has 66 valence electrons. The lowest BCUT2D eigenvalue weighted by Gasteiger charge is -2.03. The Morgan fingerprint density at radius 2 is 1.85 bits per heavy atom. The van der Waals surface area contributed by atoms with Crippen molar-refractivity contribution in [1.82, 2.24) is 0 Å². The van der Waals surface area contributed by atoms with Crippen LogP contribution in [0, 0.1) is 0 Å². The number of rotatable bonds is 1. The van der Waals surface area contributed by atoms with Crippen LogP contribution in [0.2, 0.25) is 0 Å². The fraction of sp³-hybridized carbons (Fsp3) is 0.167. The van der Waals surface area contributed by atoms with E-state index in [-0.39, 0.29) is 0 Å². The van der Waals surface area contributed by atoms with Crippen molar-refractivity contribution < 1.29 is 0 Å². The van der Waals surface area contributed by atoms with E-state index < -0.39 is 0 Å². The molecule has 2 rings (SSSR count). The predicted molar refractivity (Wildman–Crippen MR) is 60.7 cm³/mol. The van der Waals surface area contributed by atoms with E-state index in [0.717, 1.165) is 6.42 Å². The second-order valence-corrected chi connectivity index (χ2v) is 4.18. The van der Waals surface area contributed by atoms with Crippen molar-refractivity contribution in [2.24, 2.45) is 0 Å². The van der Waals surface area contributed by atoms with Crippen LogP contribution < -0.4 is 0 Å². The standard InChI is InChI=1S/C12H11Br/c1-9-11(7-8-12(9)13)10-5-3-2-4-6-10/h2-7H,8H2,1H3. The SMILES string of the molecule is CC1=C(Br)CC=C1c1ccccc1. The molecule has 1 aliphatic carbocycles. The van der Waals surface area contributed by atoms with Gasteiger partial charge in [-0.1, -0.05) is 52.3 Å². The zero-order valence-corrected chi connectivity index (χ0v) is 9.14. The summed E-state index contributed by atoms with van der Waals surface area (Å²) >= 11 is 3.57. The van der Waals surface area contributed by atoms with Gasteiger partial charge in [-0.15, -0.1) is 0 Å². The third kappa shape index (κ3) is 1.61. The Bertz CT molecular complexity index is 371. The first-order chi connectivity index (χ1) is 6.29. The Hall–Kier alpha value is -0.820. The molecule has 0 radical (unpaired) electrons. The molecule has 1 aromatic carbocycles. The van der Waals surface area contributed by atoms with Crippen LogP contribution in [0.15, 0.2) is 46.5 Å². The summed E-state index contributed by atoms with van der Waals surface area (Å²) in [7, 11) is 0. The van der Waals surface area contributed by atoms with Gasteiger partial charge in [0.05, 0.1) is 0 Å². The van der Waals surface area contributed by atoms with E-state index in [1.54, 1.807) is 0 Å². The van der Waals surface area contributed by atoms with E-state index in [1.807, 2.05) is 6.07 Å². The lowest BCUT2D eigenvalue weighted by molar-refractivity contribution is 1.40. The Morgan fingerprint density at radius 3 is 2.38 bits per heavy atom. The molecule has 0 fully saturated rings. The Balaban J connectivity index is 2.40. The quantitative estimate of drug-likeness (QED) is 0.686. The molecular formula is C12H11Br. The van der Waals surface area contributed by atoms with Crippen molar-refractivity contribution in [3.63, 3.8) is 0 Å². The number of halogens is 1. The molecule has 0 saturated heterocycles. The molecule has 0 aromatic heterocycles. The van der Waals surface area contributed by atoms with Gasteiger partial charge in [-0.2, -0.15) is 0 Å². The van der Waals surface area contributed by atoms with E-state index in [9.17, 15) is 0 Å². The van der Waals surface area contributed by atoms with Gasteiger partial charge in [0.25, 0.3) is 0 Å². The van der Waals surface area contributed by atoms with Crippen LogP contribution in [-0.4, -0.2) is 0 Å². The van der Waals surface area contributed by atoms with Crippen molar-refractivity contribution >= 4 is 21.5 Å². The number of allylic oxidation sites excluding steroid dienone is 4. The second kappa shape index (κ2) is 3.51. The maximum absolute atomic E-state index is 3.57. The molecule has 13 heavy (non-hydrogen) atoms. The minimum Gasteiger partial charge on any atom is -0.0714 e. The van der Waals surface area contributed by atoms with Gasteiger partial charge in [-0.05, 0) is 30.1 Å². The van der Waals surface area contributed by atoms with Gasteiger partial charge in [0.2, 0.25) is 0 Å². The highest BCUT2D eigenvalue weighted by Crippen LogP contribution is 2.35. The number of hydrogen-bond donors (Lipinski definition) is 0. The molecule has 0 N–H and O–H groups in total. The minimum absolute atomic E-state index is 1.04. The summed E-state index contributed by atoms with van der Waals surface area (Å²) in [5.74, 6) is 0. The zero-order valence-electron chi connectivity index (χ0n) is 7.55. The first-order valence-corrected chi connectivity index (χ1v) is 5.19. The van der Waals surface area contributed by atoms with Gasteiger partial charge >= 0.3 is 0 Å². The summed E-state index contributed by atoms with van der Waals surface area (Å²) in [6.45, 7) is 2.16. The molecule has 0 nitrogen and oxygen atoms in total. The highest BCUT2D eigenvalue weighted by atomic mass is 79.9. The van der Waals surface area contributed by atoms with Crippen LogP contribution in [-0.2, 0) is 0 Å². The van der Waals surface area contributed by atoms with Crippen molar-refractivity contribution in [2.45, 2.75) is 13.3 Å².